The first kappa shape index (κ1) is 21.2. The Morgan fingerprint density at radius 2 is 1.86 bits per heavy atom. The van der Waals surface area contributed by atoms with Crippen LogP contribution >= 0.6 is 23.2 Å². The number of ketones is 1. The fourth-order valence-electron chi connectivity index (χ4n) is 3.44. The number of carbonyl (C=O) groups is 2. The Bertz CT molecular complexity index is 987. The number of likely N-dealkylation sites (tertiary alicyclic amines) is 1. The summed E-state index contributed by atoms with van der Waals surface area (Å²) in [6.07, 6.45) is 0.657. The Labute approximate surface area is 179 Å². The van der Waals surface area contributed by atoms with Crippen LogP contribution in [0.1, 0.15) is 37.4 Å². The highest BCUT2D eigenvalue weighted by atomic mass is 35.5. The number of amides is 1. The summed E-state index contributed by atoms with van der Waals surface area (Å²) >= 11 is 12.2. The second kappa shape index (κ2) is 8.89. The fraction of sp³-hybridized carbons (Fsp3) is 0.273. The first-order valence-electron chi connectivity index (χ1n) is 9.35. The molecule has 1 heterocycles. The smallest absolute Gasteiger partial charge is 0.295 e. The van der Waals surface area contributed by atoms with Crippen molar-refractivity contribution >= 4 is 40.7 Å². The van der Waals surface area contributed by atoms with Crippen LogP contribution in [0.15, 0.2) is 48.0 Å². The molecule has 0 spiro atoms. The Hall–Kier alpha value is -2.50. The van der Waals surface area contributed by atoms with E-state index in [0.29, 0.717) is 46.5 Å². The molecule has 0 aliphatic carbocycles. The van der Waals surface area contributed by atoms with Crippen molar-refractivity contribution in [1.29, 1.82) is 0 Å². The number of hydrogen-bond acceptors (Lipinski definition) is 4. The zero-order valence-electron chi connectivity index (χ0n) is 16.1. The van der Waals surface area contributed by atoms with E-state index < -0.39 is 17.7 Å². The van der Waals surface area contributed by atoms with E-state index in [0.717, 1.165) is 0 Å². The van der Waals surface area contributed by atoms with E-state index in [1.165, 1.54) is 4.90 Å². The summed E-state index contributed by atoms with van der Waals surface area (Å²) in [5, 5.41) is 11.7. The topological polar surface area (TPSA) is 66.8 Å². The molecule has 29 heavy (non-hydrogen) atoms. The van der Waals surface area contributed by atoms with E-state index in [4.69, 9.17) is 27.9 Å². The average molecular weight is 434 g/mol. The number of aliphatic hydroxyl groups is 1. The van der Waals surface area contributed by atoms with Gasteiger partial charge in [-0.15, -0.1) is 0 Å². The SMILES string of the molecule is CCCN1C(=O)C(=O)/C(=C(\O)c2cccc(OCC)c2)C1c1ccc(Cl)c(Cl)c1. The van der Waals surface area contributed by atoms with Crippen LogP contribution in [0.5, 0.6) is 5.75 Å². The van der Waals surface area contributed by atoms with Gasteiger partial charge in [-0.3, -0.25) is 9.59 Å². The zero-order valence-corrected chi connectivity index (χ0v) is 17.6. The van der Waals surface area contributed by atoms with E-state index in [1.54, 1.807) is 42.5 Å². The number of carbonyl (C=O) groups excluding carboxylic acids is 2. The summed E-state index contributed by atoms with van der Waals surface area (Å²) in [4.78, 5) is 27.0. The molecule has 0 radical (unpaired) electrons. The van der Waals surface area contributed by atoms with Crippen LogP contribution in [-0.2, 0) is 9.59 Å². The molecular formula is C22H21Cl2NO4. The van der Waals surface area contributed by atoms with E-state index in [2.05, 4.69) is 0 Å². The molecule has 7 heteroatoms. The summed E-state index contributed by atoms with van der Waals surface area (Å²) in [6, 6.07) is 11.0. The average Bonchev–Trinajstić information content (AvgIpc) is 2.95. The minimum absolute atomic E-state index is 0.0236. The highest BCUT2D eigenvalue weighted by Gasteiger charge is 2.45. The lowest BCUT2D eigenvalue weighted by molar-refractivity contribution is -0.139. The zero-order chi connectivity index (χ0) is 21.1. The van der Waals surface area contributed by atoms with E-state index in [9.17, 15) is 14.7 Å². The predicted molar refractivity (Wildman–Crippen MR) is 113 cm³/mol. The molecule has 3 rings (SSSR count). The number of rotatable bonds is 6. The predicted octanol–water partition coefficient (Wildman–Crippen LogP) is 5.22. The molecule has 152 valence electrons. The minimum atomic E-state index is -0.750. The lowest BCUT2D eigenvalue weighted by atomic mass is 9.95. The van der Waals surface area contributed by atoms with Crippen molar-refractivity contribution in [3.8, 4) is 5.75 Å². The first-order chi connectivity index (χ1) is 13.9. The first-order valence-corrected chi connectivity index (χ1v) is 10.1. The van der Waals surface area contributed by atoms with Gasteiger partial charge in [-0.05, 0) is 43.2 Å². The third-order valence-electron chi connectivity index (χ3n) is 4.68. The monoisotopic (exact) mass is 433 g/mol. The Morgan fingerprint density at radius 3 is 2.52 bits per heavy atom. The van der Waals surface area contributed by atoms with Gasteiger partial charge in [0.2, 0.25) is 0 Å². The van der Waals surface area contributed by atoms with Crippen molar-refractivity contribution in [2.24, 2.45) is 0 Å². The maximum absolute atomic E-state index is 12.9. The van der Waals surface area contributed by atoms with Gasteiger partial charge in [0.05, 0.1) is 28.3 Å². The Morgan fingerprint density at radius 1 is 1.10 bits per heavy atom. The van der Waals surface area contributed by atoms with Crippen LogP contribution in [0.2, 0.25) is 10.0 Å². The number of benzene rings is 2. The molecule has 1 unspecified atom stereocenters. The van der Waals surface area contributed by atoms with Crippen LogP contribution < -0.4 is 4.74 Å². The molecular weight excluding hydrogens is 413 g/mol. The van der Waals surface area contributed by atoms with Crippen LogP contribution in [0.4, 0.5) is 0 Å². The van der Waals surface area contributed by atoms with Gasteiger partial charge in [0.15, 0.2) is 0 Å². The Kier molecular flexibility index (Phi) is 6.50. The second-order valence-corrected chi connectivity index (χ2v) is 7.44. The van der Waals surface area contributed by atoms with Crippen molar-refractivity contribution in [2.75, 3.05) is 13.2 Å². The standard InChI is InChI=1S/C22H21Cl2NO4/c1-3-10-25-19(13-8-9-16(23)17(24)12-13)18(21(27)22(25)28)20(26)14-6-5-7-15(11-14)29-4-2/h5-9,11-12,19,26H,3-4,10H2,1-2H3/b20-18-. The maximum Gasteiger partial charge on any atom is 0.295 e. The van der Waals surface area contributed by atoms with Gasteiger partial charge in [0.1, 0.15) is 11.5 Å². The van der Waals surface area contributed by atoms with E-state index in [-0.39, 0.29) is 11.3 Å². The number of aliphatic hydroxyl groups excluding tert-OH is 1. The normalized spacial score (nSPS) is 18.3. The summed E-state index contributed by atoms with van der Waals surface area (Å²) < 4.78 is 5.48. The highest BCUT2D eigenvalue weighted by molar-refractivity contribution is 6.46. The number of Topliss-reactive ketones (excluding diaryl/α,β-unsaturated/α-hetero) is 1. The van der Waals surface area contributed by atoms with Crippen molar-refractivity contribution in [3.63, 3.8) is 0 Å². The van der Waals surface area contributed by atoms with Gasteiger partial charge in [-0.2, -0.15) is 0 Å². The van der Waals surface area contributed by atoms with Crippen LogP contribution in [0.3, 0.4) is 0 Å². The molecule has 2 aromatic rings. The molecule has 0 bridgehead atoms. The van der Waals surface area contributed by atoms with E-state index >= 15 is 0 Å². The number of nitrogens with zero attached hydrogens (tertiary/aromatic N) is 1. The number of ether oxygens (including phenoxy) is 1. The summed E-state index contributed by atoms with van der Waals surface area (Å²) in [6.45, 7) is 4.60. The molecule has 1 N–H and O–H groups in total. The van der Waals surface area contributed by atoms with Crippen LogP contribution in [0.25, 0.3) is 5.76 Å². The molecule has 2 aromatic carbocycles. The molecule has 1 atom stereocenters. The molecule has 1 amide bonds. The molecule has 1 fully saturated rings. The molecule has 0 aromatic heterocycles. The van der Waals surface area contributed by atoms with Gasteiger partial charge in [-0.25, -0.2) is 0 Å². The van der Waals surface area contributed by atoms with Crippen molar-refractivity contribution < 1.29 is 19.4 Å². The lowest BCUT2D eigenvalue weighted by Gasteiger charge is -2.25. The number of halogens is 2. The third-order valence-corrected chi connectivity index (χ3v) is 5.42. The number of hydrogen-bond donors (Lipinski definition) is 1. The van der Waals surface area contributed by atoms with Crippen molar-refractivity contribution in [3.05, 3.63) is 69.2 Å². The molecule has 1 saturated heterocycles. The molecule has 0 saturated carbocycles. The summed E-state index contributed by atoms with van der Waals surface area (Å²) in [7, 11) is 0. The largest absolute Gasteiger partial charge is 0.507 e. The maximum atomic E-state index is 12.9. The fourth-order valence-corrected chi connectivity index (χ4v) is 3.74. The quantitative estimate of drug-likeness (QED) is 0.385. The van der Waals surface area contributed by atoms with Crippen molar-refractivity contribution in [2.45, 2.75) is 26.3 Å². The van der Waals surface area contributed by atoms with Crippen LogP contribution in [0, 0.1) is 0 Å². The van der Waals surface area contributed by atoms with Gasteiger partial charge >= 0.3 is 0 Å². The molecule has 1 aliphatic heterocycles. The van der Waals surface area contributed by atoms with Crippen molar-refractivity contribution in [1.82, 2.24) is 4.90 Å². The van der Waals surface area contributed by atoms with Crippen LogP contribution in [-0.4, -0.2) is 34.8 Å². The second-order valence-electron chi connectivity index (χ2n) is 6.63. The van der Waals surface area contributed by atoms with Gasteiger partial charge in [0, 0.05) is 12.1 Å². The summed E-state index contributed by atoms with van der Waals surface area (Å²) in [5.41, 5.74) is 1.03. The lowest BCUT2D eigenvalue weighted by Crippen LogP contribution is -2.30. The Balaban J connectivity index is 2.18. The molecule has 1 aliphatic rings. The third kappa shape index (κ3) is 4.11. The van der Waals surface area contributed by atoms with Gasteiger partial charge in [-0.1, -0.05) is 48.3 Å². The minimum Gasteiger partial charge on any atom is -0.507 e. The highest BCUT2D eigenvalue weighted by Crippen LogP contribution is 2.41. The van der Waals surface area contributed by atoms with Gasteiger partial charge in [0.25, 0.3) is 11.7 Å². The summed E-state index contributed by atoms with van der Waals surface area (Å²) in [5.74, 6) is -1.07. The van der Waals surface area contributed by atoms with E-state index in [1.807, 2.05) is 13.8 Å². The molecule has 5 nitrogen and oxygen atoms in total. The van der Waals surface area contributed by atoms with Gasteiger partial charge < -0.3 is 14.7 Å².